The summed E-state index contributed by atoms with van der Waals surface area (Å²) in [6, 6.07) is 11.1. The molecule has 0 spiro atoms. The first-order chi connectivity index (χ1) is 11.3. The molecule has 1 unspecified atom stereocenters. The average molecular weight is 310 g/mol. The molecule has 2 heterocycles. The number of anilines is 3. The first kappa shape index (κ1) is 15.8. The van der Waals surface area contributed by atoms with Crippen molar-refractivity contribution in [1.29, 1.82) is 0 Å². The van der Waals surface area contributed by atoms with Crippen LogP contribution >= 0.6 is 0 Å². The molecule has 3 rings (SSSR count). The summed E-state index contributed by atoms with van der Waals surface area (Å²) < 4.78 is 0. The standard InChI is InChI=1S/C19H26N4/c1-3-15-8-10-16(11-9-15)21-19-20-13-12-18(22-19)23-14-6-5-7-17(23)4-2/h8-13,17H,3-7,14H2,1-2H3,(H,20,21,22). The van der Waals surface area contributed by atoms with Gasteiger partial charge in [-0.05, 0) is 55.9 Å². The van der Waals surface area contributed by atoms with E-state index in [2.05, 4.69) is 53.3 Å². The highest BCUT2D eigenvalue weighted by atomic mass is 15.2. The quantitative estimate of drug-likeness (QED) is 0.879. The van der Waals surface area contributed by atoms with Gasteiger partial charge in [0, 0.05) is 24.5 Å². The summed E-state index contributed by atoms with van der Waals surface area (Å²) >= 11 is 0. The van der Waals surface area contributed by atoms with Gasteiger partial charge in [-0.3, -0.25) is 0 Å². The van der Waals surface area contributed by atoms with Gasteiger partial charge in [0.25, 0.3) is 0 Å². The van der Waals surface area contributed by atoms with Crippen LogP contribution in [0.3, 0.4) is 0 Å². The Bertz CT molecular complexity index is 624. The summed E-state index contributed by atoms with van der Waals surface area (Å²) in [6.07, 6.45) is 7.93. The lowest BCUT2D eigenvalue weighted by Crippen LogP contribution is -2.39. The number of nitrogens with one attached hydrogen (secondary N) is 1. The fourth-order valence-corrected chi connectivity index (χ4v) is 3.25. The highest BCUT2D eigenvalue weighted by molar-refractivity contribution is 5.55. The largest absolute Gasteiger partial charge is 0.353 e. The van der Waals surface area contributed by atoms with E-state index in [0.29, 0.717) is 12.0 Å². The molecule has 0 bridgehead atoms. The second kappa shape index (κ2) is 7.44. The minimum absolute atomic E-state index is 0.607. The third-order valence-electron chi connectivity index (χ3n) is 4.65. The van der Waals surface area contributed by atoms with Gasteiger partial charge in [0.15, 0.2) is 0 Å². The molecule has 2 aromatic rings. The van der Waals surface area contributed by atoms with E-state index in [1.54, 1.807) is 0 Å². The number of hydrogen-bond donors (Lipinski definition) is 1. The molecule has 0 aliphatic carbocycles. The zero-order chi connectivity index (χ0) is 16.1. The first-order valence-corrected chi connectivity index (χ1v) is 8.75. The van der Waals surface area contributed by atoms with Crippen molar-refractivity contribution in [2.24, 2.45) is 0 Å². The van der Waals surface area contributed by atoms with Crippen molar-refractivity contribution < 1.29 is 0 Å². The maximum absolute atomic E-state index is 4.74. The third kappa shape index (κ3) is 3.81. The van der Waals surface area contributed by atoms with Crippen molar-refractivity contribution in [3.63, 3.8) is 0 Å². The Morgan fingerprint density at radius 3 is 2.70 bits per heavy atom. The van der Waals surface area contributed by atoms with E-state index in [1.165, 1.54) is 31.2 Å². The van der Waals surface area contributed by atoms with Crippen molar-refractivity contribution in [2.75, 3.05) is 16.8 Å². The molecular weight excluding hydrogens is 284 g/mol. The highest BCUT2D eigenvalue weighted by Crippen LogP contribution is 2.25. The van der Waals surface area contributed by atoms with Crippen molar-refractivity contribution in [1.82, 2.24) is 9.97 Å². The van der Waals surface area contributed by atoms with E-state index in [4.69, 9.17) is 4.98 Å². The molecule has 4 nitrogen and oxygen atoms in total. The molecule has 0 saturated carbocycles. The molecule has 4 heteroatoms. The molecule has 1 N–H and O–H groups in total. The van der Waals surface area contributed by atoms with E-state index < -0.39 is 0 Å². The average Bonchev–Trinajstić information content (AvgIpc) is 2.62. The maximum Gasteiger partial charge on any atom is 0.229 e. The lowest BCUT2D eigenvalue weighted by molar-refractivity contribution is 0.447. The topological polar surface area (TPSA) is 41.1 Å². The number of aryl methyl sites for hydroxylation is 1. The minimum atomic E-state index is 0.607. The number of aromatic nitrogens is 2. The number of hydrogen-bond acceptors (Lipinski definition) is 4. The lowest BCUT2D eigenvalue weighted by atomic mass is 10.0. The first-order valence-electron chi connectivity index (χ1n) is 8.75. The van der Waals surface area contributed by atoms with Crippen molar-refractivity contribution in [2.45, 2.75) is 52.0 Å². The van der Waals surface area contributed by atoms with Crippen LogP contribution in [0.1, 0.15) is 45.1 Å². The van der Waals surface area contributed by atoms with Gasteiger partial charge in [-0.15, -0.1) is 0 Å². The summed E-state index contributed by atoms with van der Waals surface area (Å²) in [4.78, 5) is 11.6. The van der Waals surface area contributed by atoms with Gasteiger partial charge in [0.2, 0.25) is 5.95 Å². The molecule has 122 valence electrons. The monoisotopic (exact) mass is 310 g/mol. The molecule has 1 aliphatic heterocycles. The Balaban J connectivity index is 1.76. The second-order valence-corrected chi connectivity index (χ2v) is 6.17. The molecule has 1 saturated heterocycles. The van der Waals surface area contributed by atoms with Crippen LogP contribution in [0, 0.1) is 0 Å². The number of nitrogens with zero attached hydrogens (tertiary/aromatic N) is 3. The third-order valence-corrected chi connectivity index (χ3v) is 4.65. The molecule has 0 amide bonds. The van der Waals surface area contributed by atoms with Crippen LogP contribution in [0.25, 0.3) is 0 Å². The van der Waals surface area contributed by atoms with Gasteiger partial charge < -0.3 is 10.2 Å². The maximum atomic E-state index is 4.74. The zero-order valence-electron chi connectivity index (χ0n) is 14.1. The van der Waals surface area contributed by atoms with Crippen LogP contribution in [0.4, 0.5) is 17.5 Å². The van der Waals surface area contributed by atoms with Gasteiger partial charge in [-0.25, -0.2) is 4.98 Å². The molecule has 1 fully saturated rings. The predicted octanol–water partition coefficient (Wildman–Crippen LogP) is 4.55. The Morgan fingerprint density at radius 2 is 1.96 bits per heavy atom. The van der Waals surface area contributed by atoms with Gasteiger partial charge in [0.1, 0.15) is 5.82 Å². The summed E-state index contributed by atoms with van der Waals surface area (Å²) in [7, 11) is 0. The van der Waals surface area contributed by atoms with Crippen LogP contribution in [0.15, 0.2) is 36.5 Å². The predicted molar refractivity (Wildman–Crippen MR) is 96.4 cm³/mol. The van der Waals surface area contributed by atoms with Crippen molar-refractivity contribution >= 4 is 17.5 Å². The van der Waals surface area contributed by atoms with Crippen LogP contribution < -0.4 is 10.2 Å². The Labute approximate surface area is 139 Å². The minimum Gasteiger partial charge on any atom is -0.353 e. The summed E-state index contributed by atoms with van der Waals surface area (Å²) in [6.45, 7) is 5.52. The van der Waals surface area contributed by atoms with Crippen LogP contribution in [0.5, 0.6) is 0 Å². The Kier molecular flexibility index (Phi) is 5.11. The zero-order valence-corrected chi connectivity index (χ0v) is 14.1. The van der Waals surface area contributed by atoms with Crippen LogP contribution in [0.2, 0.25) is 0 Å². The van der Waals surface area contributed by atoms with E-state index in [1.807, 2.05) is 12.3 Å². The summed E-state index contributed by atoms with van der Waals surface area (Å²) in [5.41, 5.74) is 2.37. The molecule has 1 aromatic carbocycles. The fraction of sp³-hybridized carbons (Fsp3) is 0.474. The fourth-order valence-electron chi connectivity index (χ4n) is 3.25. The Morgan fingerprint density at radius 1 is 1.13 bits per heavy atom. The van der Waals surface area contributed by atoms with Crippen molar-refractivity contribution in [3.8, 4) is 0 Å². The Hall–Kier alpha value is -2.10. The SMILES string of the molecule is CCc1ccc(Nc2nccc(N3CCCCC3CC)n2)cc1. The highest BCUT2D eigenvalue weighted by Gasteiger charge is 2.22. The number of rotatable bonds is 5. The summed E-state index contributed by atoms with van der Waals surface area (Å²) in [5.74, 6) is 1.71. The molecule has 23 heavy (non-hydrogen) atoms. The van der Waals surface area contributed by atoms with Crippen LogP contribution in [-0.2, 0) is 6.42 Å². The second-order valence-electron chi connectivity index (χ2n) is 6.17. The molecule has 1 atom stereocenters. The summed E-state index contributed by atoms with van der Waals surface area (Å²) in [5, 5.41) is 3.32. The number of piperidine rings is 1. The van der Waals surface area contributed by atoms with Gasteiger partial charge in [-0.2, -0.15) is 4.98 Å². The lowest BCUT2D eigenvalue weighted by Gasteiger charge is -2.36. The molecule has 1 aromatic heterocycles. The van der Waals surface area contributed by atoms with E-state index in [9.17, 15) is 0 Å². The van der Waals surface area contributed by atoms with E-state index in [0.717, 1.165) is 24.5 Å². The van der Waals surface area contributed by atoms with Gasteiger partial charge >= 0.3 is 0 Å². The molecule has 0 radical (unpaired) electrons. The van der Waals surface area contributed by atoms with Crippen molar-refractivity contribution in [3.05, 3.63) is 42.1 Å². The van der Waals surface area contributed by atoms with Gasteiger partial charge in [-0.1, -0.05) is 26.0 Å². The van der Waals surface area contributed by atoms with Crippen LogP contribution in [-0.4, -0.2) is 22.6 Å². The van der Waals surface area contributed by atoms with E-state index in [-0.39, 0.29) is 0 Å². The number of benzene rings is 1. The van der Waals surface area contributed by atoms with Gasteiger partial charge in [0.05, 0.1) is 0 Å². The smallest absolute Gasteiger partial charge is 0.229 e. The van der Waals surface area contributed by atoms with E-state index >= 15 is 0 Å². The molecular formula is C19H26N4. The normalized spacial score (nSPS) is 18.0. The molecule has 1 aliphatic rings.